The maximum absolute atomic E-state index is 13.3. The fraction of sp³-hybridized carbons (Fsp3) is 0.250. The number of nitriles is 1. The standard InChI is InChI=1S/C20H17FN4O3S/c21-14-5-7-15(8-6-14)29(26,27)18(13-22)19-20(25-9-11-28-12-10-25)24-17-4-2-1-3-16(17)23-19/h1-8,18H,9-12H2/t18-/m0/s1. The molecule has 0 aliphatic carbocycles. The van der Waals surface area contributed by atoms with Crippen molar-refractivity contribution in [2.45, 2.75) is 10.1 Å². The molecular weight excluding hydrogens is 395 g/mol. The zero-order chi connectivity index (χ0) is 20.4. The molecule has 9 heteroatoms. The van der Waals surface area contributed by atoms with Crippen LogP contribution >= 0.6 is 0 Å². The smallest absolute Gasteiger partial charge is 0.200 e. The van der Waals surface area contributed by atoms with Crippen LogP contribution < -0.4 is 4.90 Å². The summed E-state index contributed by atoms with van der Waals surface area (Å²) in [5, 5.41) is 8.23. The van der Waals surface area contributed by atoms with Gasteiger partial charge in [0.2, 0.25) is 9.84 Å². The van der Waals surface area contributed by atoms with E-state index in [2.05, 4.69) is 9.97 Å². The van der Waals surface area contributed by atoms with Crippen molar-refractivity contribution in [1.29, 1.82) is 5.26 Å². The van der Waals surface area contributed by atoms with E-state index in [-0.39, 0.29) is 10.6 Å². The molecule has 1 aromatic heterocycles. The minimum atomic E-state index is -4.14. The van der Waals surface area contributed by atoms with Crippen molar-refractivity contribution in [3.63, 3.8) is 0 Å². The topological polar surface area (TPSA) is 96.2 Å². The monoisotopic (exact) mass is 412 g/mol. The van der Waals surface area contributed by atoms with E-state index in [1.807, 2.05) is 17.0 Å². The minimum absolute atomic E-state index is 0.0671. The van der Waals surface area contributed by atoms with Gasteiger partial charge < -0.3 is 9.64 Å². The lowest BCUT2D eigenvalue weighted by atomic mass is 10.2. The van der Waals surface area contributed by atoms with Crippen molar-refractivity contribution in [3.8, 4) is 6.07 Å². The molecule has 0 unspecified atom stereocenters. The Kier molecular flexibility index (Phi) is 5.13. The Morgan fingerprint density at radius 2 is 1.66 bits per heavy atom. The lowest BCUT2D eigenvalue weighted by Crippen LogP contribution is -2.38. The average Bonchev–Trinajstić information content (AvgIpc) is 2.74. The van der Waals surface area contributed by atoms with Gasteiger partial charge in [0.05, 0.1) is 35.2 Å². The highest BCUT2D eigenvalue weighted by Gasteiger charge is 2.35. The van der Waals surface area contributed by atoms with Gasteiger partial charge in [0, 0.05) is 13.1 Å². The van der Waals surface area contributed by atoms with Crippen molar-refractivity contribution >= 4 is 26.7 Å². The Bertz CT molecular complexity index is 1190. The summed E-state index contributed by atoms with van der Waals surface area (Å²) in [5.41, 5.74) is 1.17. The number of rotatable bonds is 4. The van der Waals surface area contributed by atoms with Crippen molar-refractivity contribution in [2.75, 3.05) is 31.2 Å². The largest absolute Gasteiger partial charge is 0.378 e. The second kappa shape index (κ2) is 7.73. The van der Waals surface area contributed by atoms with Crippen molar-refractivity contribution in [2.24, 2.45) is 0 Å². The number of hydrogen-bond donors (Lipinski definition) is 0. The molecular formula is C20H17FN4O3S. The highest BCUT2D eigenvalue weighted by atomic mass is 32.2. The quantitative estimate of drug-likeness (QED) is 0.608. The second-order valence-electron chi connectivity index (χ2n) is 6.53. The summed E-state index contributed by atoms with van der Waals surface area (Å²) < 4.78 is 45.0. The number of benzene rings is 2. The molecule has 7 nitrogen and oxygen atoms in total. The van der Waals surface area contributed by atoms with Crippen LogP contribution in [0, 0.1) is 17.1 Å². The summed E-state index contributed by atoms with van der Waals surface area (Å²) in [6.45, 7) is 1.95. The fourth-order valence-corrected chi connectivity index (χ4v) is 4.60. The van der Waals surface area contributed by atoms with Crippen molar-refractivity contribution in [3.05, 3.63) is 60.0 Å². The van der Waals surface area contributed by atoms with Crippen LogP contribution in [0.3, 0.4) is 0 Å². The van der Waals surface area contributed by atoms with Crippen LogP contribution in [0.25, 0.3) is 11.0 Å². The van der Waals surface area contributed by atoms with E-state index in [0.717, 1.165) is 24.3 Å². The van der Waals surface area contributed by atoms with Gasteiger partial charge in [0.25, 0.3) is 0 Å². The zero-order valence-corrected chi connectivity index (χ0v) is 16.1. The molecule has 4 rings (SSSR count). The van der Waals surface area contributed by atoms with Crippen molar-refractivity contribution in [1.82, 2.24) is 9.97 Å². The van der Waals surface area contributed by atoms with E-state index in [1.165, 1.54) is 0 Å². The number of hydrogen-bond acceptors (Lipinski definition) is 7. The molecule has 29 heavy (non-hydrogen) atoms. The van der Waals surface area contributed by atoms with Gasteiger partial charge in [-0.2, -0.15) is 5.26 Å². The van der Waals surface area contributed by atoms with Crippen LogP contribution in [0.5, 0.6) is 0 Å². The van der Waals surface area contributed by atoms with E-state index in [9.17, 15) is 18.1 Å². The maximum Gasteiger partial charge on any atom is 0.200 e. The Morgan fingerprint density at radius 3 is 2.28 bits per heavy atom. The fourth-order valence-electron chi connectivity index (χ4n) is 3.23. The third-order valence-corrected chi connectivity index (χ3v) is 6.59. The van der Waals surface area contributed by atoms with Crippen LogP contribution in [0.4, 0.5) is 10.2 Å². The molecule has 148 valence electrons. The summed E-state index contributed by atoms with van der Waals surface area (Å²) in [6, 6.07) is 13.4. The molecule has 0 saturated carbocycles. The molecule has 0 amide bonds. The number of anilines is 1. The van der Waals surface area contributed by atoms with Crippen LogP contribution in [0.2, 0.25) is 0 Å². The van der Waals surface area contributed by atoms with Crippen LogP contribution in [-0.2, 0) is 14.6 Å². The van der Waals surface area contributed by atoms with E-state index in [4.69, 9.17) is 4.74 Å². The van der Waals surface area contributed by atoms with E-state index in [0.29, 0.717) is 43.2 Å². The van der Waals surface area contributed by atoms with Gasteiger partial charge in [0.1, 0.15) is 11.5 Å². The molecule has 2 aromatic carbocycles. The number of fused-ring (bicyclic) bond motifs is 1. The van der Waals surface area contributed by atoms with E-state index in [1.54, 1.807) is 18.2 Å². The van der Waals surface area contributed by atoms with Crippen LogP contribution in [0.15, 0.2) is 53.4 Å². The SMILES string of the molecule is N#C[C@@H](c1nc2ccccc2nc1N1CCOCC1)S(=O)(=O)c1ccc(F)cc1. The lowest BCUT2D eigenvalue weighted by molar-refractivity contribution is 0.122. The number of nitrogens with zero attached hydrogens (tertiary/aromatic N) is 4. The summed E-state index contributed by atoms with van der Waals surface area (Å²) in [5.74, 6) is -0.207. The Morgan fingerprint density at radius 1 is 1.03 bits per heavy atom. The first kappa shape index (κ1) is 19.2. The van der Waals surface area contributed by atoms with Crippen LogP contribution in [0.1, 0.15) is 10.9 Å². The Labute approximate surface area is 167 Å². The summed E-state index contributed by atoms with van der Waals surface area (Å²) in [4.78, 5) is 10.9. The zero-order valence-electron chi connectivity index (χ0n) is 15.3. The predicted octanol–water partition coefficient (Wildman–Crippen LogP) is 2.64. The molecule has 2 heterocycles. The van der Waals surface area contributed by atoms with Gasteiger partial charge in [-0.15, -0.1) is 0 Å². The molecule has 0 radical (unpaired) electrons. The predicted molar refractivity (Wildman–Crippen MR) is 105 cm³/mol. The van der Waals surface area contributed by atoms with E-state index < -0.39 is 20.9 Å². The highest BCUT2D eigenvalue weighted by Crippen LogP contribution is 2.34. The summed E-state index contributed by atoms with van der Waals surface area (Å²) in [6.07, 6.45) is 0. The van der Waals surface area contributed by atoms with Gasteiger partial charge in [-0.1, -0.05) is 12.1 Å². The Balaban J connectivity index is 1.89. The van der Waals surface area contributed by atoms with E-state index >= 15 is 0 Å². The molecule has 0 bridgehead atoms. The van der Waals surface area contributed by atoms with Crippen molar-refractivity contribution < 1.29 is 17.5 Å². The summed E-state index contributed by atoms with van der Waals surface area (Å²) in [7, 11) is -4.14. The first-order chi connectivity index (χ1) is 14.0. The third-order valence-electron chi connectivity index (χ3n) is 4.71. The molecule has 0 spiro atoms. The summed E-state index contributed by atoms with van der Waals surface area (Å²) >= 11 is 0. The number of para-hydroxylation sites is 2. The maximum atomic E-state index is 13.3. The molecule has 1 aliphatic heterocycles. The lowest BCUT2D eigenvalue weighted by Gasteiger charge is -2.30. The number of halogens is 1. The van der Waals surface area contributed by atoms with Gasteiger partial charge >= 0.3 is 0 Å². The first-order valence-electron chi connectivity index (χ1n) is 8.99. The van der Waals surface area contributed by atoms with Gasteiger partial charge in [-0.25, -0.2) is 22.8 Å². The minimum Gasteiger partial charge on any atom is -0.378 e. The molecule has 1 aliphatic rings. The first-order valence-corrected chi connectivity index (χ1v) is 10.5. The second-order valence-corrected chi connectivity index (χ2v) is 8.56. The number of sulfone groups is 1. The van der Waals surface area contributed by atoms with Gasteiger partial charge in [-0.3, -0.25) is 0 Å². The van der Waals surface area contributed by atoms with Gasteiger partial charge in [-0.05, 0) is 36.4 Å². The molecule has 1 saturated heterocycles. The molecule has 1 fully saturated rings. The normalized spacial score (nSPS) is 15.8. The molecule has 1 atom stereocenters. The van der Waals surface area contributed by atoms with Gasteiger partial charge in [0.15, 0.2) is 11.1 Å². The molecule has 3 aromatic rings. The third kappa shape index (κ3) is 3.64. The number of aromatic nitrogens is 2. The average molecular weight is 412 g/mol. The highest BCUT2D eigenvalue weighted by molar-refractivity contribution is 7.92. The van der Waals surface area contributed by atoms with Crippen LogP contribution in [-0.4, -0.2) is 44.7 Å². The Hall–Kier alpha value is -3.09. The number of morpholine rings is 1. The molecule has 0 N–H and O–H groups in total. The number of ether oxygens (including phenoxy) is 1.